The smallest absolute Gasteiger partial charge is 0.274 e. The highest BCUT2D eigenvalue weighted by Gasteiger charge is 2.30. The molecule has 0 aromatic carbocycles. The number of aryl methyl sites for hydroxylation is 3. The third-order valence-electron chi connectivity index (χ3n) is 3.87. The predicted octanol–water partition coefficient (Wildman–Crippen LogP) is 1.46. The number of hydrogen-bond donors (Lipinski definition) is 0. The van der Waals surface area contributed by atoms with Gasteiger partial charge in [-0.1, -0.05) is 0 Å². The van der Waals surface area contributed by atoms with Crippen molar-refractivity contribution in [3.8, 4) is 0 Å². The molecule has 2 aromatic rings. The first-order valence-corrected chi connectivity index (χ1v) is 7.12. The molecule has 2 aromatic heterocycles. The number of rotatable bonds is 2. The van der Waals surface area contributed by atoms with E-state index < -0.39 is 0 Å². The topological polar surface area (TPSA) is 63.9 Å². The lowest BCUT2D eigenvalue weighted by atomic mass is 10.1. The molecule has 6 nitrogen and oxygen atoms in total. The Hall–Kier alpha value is -2.24. The van der Waals surface area contributed by atoms with Crippen molar-refractivity contribution in [1.82, 2.24) is 24.4 Å². The molecule has 1 amide bonds. The van der Waals surface area contributed by atoms with E-state index in [-0.39, 0.29) is 5.91 Å². The van der Waals surface area contributed by atoms with Crippen molar-refractivity contribution >= 4 is 5.91 Å². The summed E-state index contributed by atoms with van der Waals surface area (Å²) >= 11 is 0. The lowest BCUT2D eigenvalue weighted by Crippen LogP contribution is -2.29. The average Bonchev–Trinajstić information content (AvgIpc) is 3.05. The van der Waals surface area contributed by atoms with E-state index in [1.165, 1.54) is 0 Å². The van der Waals surface area contributed by atoms with Crippen molar-refractivity contribution in [2.75, 3.05) is 13.1 Å². The molecule has 110 valence electrons. The van der Waals surface area contributed by atoms with Gasteiger partial charge in [-0.15, -0.1) is 0 Å². The molecule has 6 heteroatoms. The van der Waals surface area contributed by atoms with Crippen molar-refractivity contribution in [1.29, 1.82) is 0 Å². The molecule has 0 saturated carbocycles. The third kappa shape index (κ3) is 2.66. The Labute approximate surface area is 123 Å². The number of aromatic nitrogens is 4. The first-order chi connectivity index (χ1) is 10.0. The van der Waals surface area contributed by atoms with Gasteiger partial charge in [-0.25, -0.2) is 9.97 Å². The molecule has 1 aliphatic heterocycles. The fourth-order valence-electron chi connectivity index (χ4n) is 2.83. The van der Waals surface area contributed by atoms with Crippen molar-refractivity contribution in [2.45, 2.75) is 26.2 Å². The molecule has 0 aliphatic carbocycles. The first-order valence-electron chi connectivity index (χ1n) is 7.12. The number of amides is 1. The van der Waals surface area contributed by atoms with Gasteiger partial charge < -0.3 is 9.47 Å². The Bertz CT molecular complexity index is 661. The van der Waals surface area contributed by atoms with Gasteiger partial charge in [0.15, 0.2) is 0 Å². The summed E-state index contributed by atoms with van der Waals surface area (Å²) in [5, 5.41) is 0. The van der Waals surface area contributed by atoms with Crippen LogP contribution in [0.25, 0.3) is 0 Å². The van der Waals surface area contributed by atoms with Crippen LogP contribution >= 0.6 is 0 Å². The van der Waals surface area contributed by atoms with Gasteiger partial charge in [-0.05, 0) is 20.3 Å². The summed E-state index contributed by atoms with van der Waals surface area (Å²) in [5.74, 6) is 1.31. The van der Waals surface area contributed by atoms with E-state index in [9.17, 15) is 4.79 Å². The molecule has 0 bridgehead atoms. The molecule has 1 fully saturated rings. The van der Waals surface area contributed by atoms with E-state index in [1.54, 1.807) is 12.4 Å². The average molecular weight is 285 g/mol. The van der Waals surface area contributed by atoms with Crippen molar-refractivity contribution in [3.05, 3.63) is 41.5 Å². The predicted molar refractivity (Wildman–Crippen MR) is 78.0 cm³/mol. The highest BCUT2D eigenvalue weighted by molar-refractivity contribution is 5.92. The van der Waals surface area contributed by atoms with E-state index in [2.05, 4.69) is 19.5 Å². The Kier molecular flexibility index (Phi) is 3.45. The molecule has 0 radical (unpaired) electrons. The summed E-state index contributed by atoms with van der Waals surface area (Å²) in [4.78, 5) is 27.1. The minimum Gasteiger partial charge on any atom is -0.337 e. The monoisotopic (exact) mass is 285 g/mol. The van der Waals surface area contributed by atoms with Crippen LogP contribution in [-0.2, 0) is 7.05 Å². The molecule has 0 N–H and O–H groups in total. The molecule has 3 rings (SSSR count). The summed E-state index contributed by atoms with van der Waals surface area (Å²) in [5.41, 5.74) is 2.24. The third-order valence-corrected chi connectivity index (χ3v) is 3.87. The Balaban J connectivity index is 1.73. The molecule has 1 aliphatic rings. The molecule has 1 unspecified atom stereocenters. The number of imidazole rings is 1. The summed E-state index contributed by atoms with van der Waals surface area (Å²) in [6.07, 6.45) is 6.14. The van der Waals surface area contributed by atoms with E-state index >= 15 is 0 Å². The van der Waals surface area contributed by atoms with Crippen LogP contribution in [0.5, 0.6) is 0 Å². The van der Waals surface area contributed by atoms with Crippen molar-refractivity contribution < 1.29 is 4.79 Å². The quantitative estimate of drug-likeness (QED) is 0.838. The van der Waals surface area contributed by atoms with Crippen LogP contribution in [0.3, 0.4) is 0 Å². The van der Waals surface area contributed by atoms with Crippen LogP contribution in [0.2, 0.25) is 0 Å². The zero-order chi connectivity index (χ0) is 15.0. The van der Waals surface area contributed by atoms with Gasteiger partial charge in [0, 0.05) is 38.4 Å². The van der Waals surface area contributed by atoms with E-state index in [1.807, 2.05) is 32.0 Å². The van der Waals surface area contributed by atoms with E-state index in [0.29, 0.717) is 18.2 Å². The highest BCUT2D eigenvalue weighted by atomic mass is 16.2. The highest BCUT2D eigenvalue weighted by Crippen LogP contribution is 2.27. The van der Waals surface area contributed by atoms with Crippen molar-refractivity contribution in [3.63, 3.8) is 0 Å². The second-order valence-corrected chi connectivity index (χ2v) is 5.63. The number of carbonyl (C=O) groups is 1. The van der Waals surface area contributed by atoms with Gasteiger partial charge in [0.1, 0.15) is 11.5 Å². The van der Waals surface area contributed by atoms with Crippen LogP contribution < -0.4 is 0 Å². The molecule has 3 heterocycles. The van der Waals surface area contributed by atoms with Gasteiger partial charge >= 0.3 is 0 Å². The maximum absolute atomic E-state index is 12.4. The van der Waals surface area contributed by atoms with Gasteiger partial charge in [-0.2, -0.15) is 0 Å². The summed E-state index contributed by atoms with van der Waals surface area (Å²) < 4.78 is 2.06. The minimum atomic E-state index is -0.0454. The molecule has 0 spiro atoms. The molecule has 21 heavy (non-hydrogen) atoms. The van der Waals surface area contributed by atoms with E-state index in [0.717, 1.165) is 30.2 Å². The maximum Gasteiger partial charge on any atom is 0.274 e. The van der Waals surface area contributed by atoms with E-state index in [4.69, 9.17) is 0 Å². The van der Waals surface area contributed by atoms with Gasteiger partial charge in [0.2, 0.25) is 0 Å². The van der Waals surface area contributed by atoms with Gasteiger partial charge in [0.05, 0.1) is 17.6 Å². The SMILES string of the molecule is Cc1cnc(C(=O)N2CCC(c3nc(C)cn3C)C2)cn1. The second-order valence-electron chi connectivity index (χ2n) is 5.63. The Morgan fingerprint density at radius 3 is 2.67 bits per heavy atom. The fourth-order valence-corrected chi connectivity index (χ4v) is 2.83. The van der Waals surface area contributed by atoms with Crippen LogP contribution in [0, 0.1) is 13.8 Å². The summed E-state index contributed by atoms with van der Waals surface area (Å²) in [7, 11) is 2.01. The molecule has 1 atom stereocenters. The van der Waals surface area contributed by atoms with Gasteiger partial charge in [0.25, 0.3) is 5.91 Å². The number of carbonyl (C=O) groups excluding carboxylic acids is 1. The van der Waals surface area contributed by atoms with Crippen LogP contribution in [0.1, 0.15) is 40.0 Å². The standard InChI is InChI=1S/C15H19N5O/c1-10-6-17-13(7-16-10)15(21)20-5-4-12(9-20)14-18-11(2)8-19(14)3/h6-8,12H,4-5,9H2,1-3H3. The Morgan fingerprint density at radius 2 is 2.05 bits per heavy atom. The van der Waals surface area contributed by atoms with Crippen LogP contribution in [-0.4, -0.2) is 43.4 Å². The summed E-state index contributed by atoms with van der Waals surface area (Å²) in [6.45, 7) is 5.28. The minimum absolute atomic E-state index is 0.0454. The molecule has 1 saturated heterocycles. The zero-order valence-corrected chi connectivity index (χ0v) is 12.6. The first kappa shape index (κ1) is 13.7. The maximum atomic E-state index is 12.4. The van der Waals surface area contributed by atoms with Crippen LogP contribution in [0.15, 0.2) is 18.6 Å². The zero-order valence-electron chi connectivity index (χ0n) is 12.6. The van der Waals surface area contributed by atoms with Gasteiger partial charge in [-0.3, -0.25) is 9.78 Å². The lowest BCUT2D eigenvalue weighted by Gasteiger charge is -2.15. The molecular formula is C15H19N5O. The van der Waals surface area contributed by atoms with Crippen molar-refractivity contribution in [2.24, 2.45) is 7.05 Å². The largest absolute Gasteiger partial charge is 0.337 e. The number of hydrogen-bond acceptors (Lipinski definition) is 4. The Morgan fingerprint density at radius 1 is 1.24 bits per heavy atom. The second kappa shape index (κ2) is 5.27. The summed E-state index contributed by atoms with van der Waals surface area (Å²) in [6, 6.07) is 0. The number of likely N-dealkylation sites (tertiary alicyclic amines) is 1. The van der Waals surface area contributed by atoms with Crippen LogP contribution in [0.4, 0.5) is 0 Å². The normalized spacial score (nSPS) is 18.2. The fraction of sp³-hybridized carbons (Fsp3) is 0.467. The number of nitrogens with zero attached hydrogens (tertiary/aromatic N) is 5. The lowest BCUT2D eigenvalue weighted by molar-refractivity contribution is 0.0784. The molecular weight excluding hydrogens is 266 g/mol.